The molecule has 1 aromatic carbocycles. The van der Waals surface area contributed by atoms with Crippen molar-refractivity contribution >= 4 is 29.0 Å². The number of aromatic carboxylic acids is 1. The average molecular weight is 221 g/mol. The van der Waals surface area contributed by atoms with Gasteiger partial charge in [-0.15, -0.1) is 0 Å². The van der Waals surface area contributed by atoms with E-state index >= 15 is 0 Å². The van der Waals surface area contributed by atoms with Crippen LogP contribution in [0.1, 0.15) is 15.9 Å². The van der Waals surface area contributed by atoms with E-state index in [1.165, 1.54) is 18.2 Å². The molecule has 0 aliphatic heterocycles. The Labute approximate surface area is 91.1 Å². The topological polar surface area (TPSA) is 99.1 Å². The van der Waals surface area contributed by atoms with Crippen molar-refractivity contribution in [3.8, 4) is 6.07 Å². The first-order valence-corrected chi connectivity index (χ1v) is 4.29. The van der Waals surface area contributed by atoms with Gasteiger partial charge in [0.25, 0.3) is 0 Å². The van der Waals surface area contributed by atoms with Crippen molar-refractivity contribution in [3.63, 3.8) is 0 Å². The van der Waals surface area contributed by atoms with E-state index in [1.54, 1.807) is 6.07 Å². The molecule has 0 unspecified atom stereocenters. The van der Waals surface area contributed by atoms with Gasteiger partial charge in [0, 0.05) is 5.69 Å². The Kier molecular flexibility index (Phi) is 3.21. The molecule has 0 bridgehead atoms. The lowest BCUT2D eigenvalue weighted by atomic mass is 10.1. The SMILES string of the molecule is N#Cc1ccc(NC(N)=S)cc1C(=O)O. The van der Waals surface area contributed by atoms with Crippen LogP contribution in [0, 0.1) is 11.3 Å². The van der Waals surface area contributed by atoms with Crippen molar-refractivity contribution in [2.24, 2.45) is 5.73 Å². The van der Waals surface area contributed by atoms with E-state index in [2.05, 4.69) is 17.5 Å². The summed E-state index contributed by atoms with van der Waals surface area (Å²) in [6, 6.07) is 6.02. The van der Waals surface area contributed by atoms with Crippen molar-refractivity contribution in [2.75, 3.05) is 5.32 Å². The highest BCUT2D eigenvalue weighted by molar-refractivity contribution is 7.80. The first-order valence-electron chi connectivity index (χ1n) is 3.88. The first kappa shape index (κ1) is 10.9. The number of hydrogen-bond donors (Lipinski definition) is 3. The monoisotopic (exact) mass is 221 g/mol. The predicted octanol–water partition coefficient (Wildman–Crippen LogP) is 0.912. The van der Waals surface area contributed by atoms with Crippen molar-refractivity contribution in [1.29, 1.82) is 5.26 Å². The summed E-state index contributed by atoms with van der Waals surface area (Å²) in [5.74, 6) is -1.17. The summed E-state index contributed by atoms with van der Waals surface area (Å²) in [6.45, 7) is 0. The van der Waals surface area contributed by atoms with Crippen LogP contribution >= 0.6 is 12.2 Å². The molecule has 6 heteroatoms. The molecule has 0 fully saturated rings. The zero-order valence-corrected chi connectivity index (χ0v) is 8.34. The summed E-state index contributed by atoms with van der Waals surface area (Å²) < 4.78 is 0. The van der Waals surface area contributed by atoms with Gasteiger partial charge < -0.3 is 16.2 Å². The van der Waals surface area contributed by atoms with Crippen LogP contribution in [0.2, 0.25) is 0 Å². The van der Waals surface area contributed by atoms with Gasteiger partial charge in [-0.25, -0.2) is 4.79 Å². The Hall–Kier alpha value is -2.13. The lowest BCUT2D eigenvalue weighted by molar-refractivity contribution is 0.0696. The first-order chi connectivity index (χ1) is 7.04. The number of rotatable bonds is 2. The normalized spacial score (nSPS) is 9.00. The molecule has 0 aliphatic rings. The van der Waals surface area contributed by atoms with E-state index < -0.39 is 5.97 Å². The van der Waals surface area contributed by atoms with E-state index in [0.29, 0.717) is 5.69 Å². The second kappa shape index (κ2) is 4.39. The molecule has 0 saturated carbocycles. The van der Waals surface area contributed by atoms with Gasteiger partial charge in [-0.1, -0.05) is 0 Å². The maximum Gasteiger partial charge on any atom is 0.337 e. The summed E-state index contributed by atoms with van der Waals surface area (Å²) >= 11 is 4.60. The summed E-state index contributed by atoms with van der Waals surface area (Å²) in [6.07, 6.45) is 0. The van der Waals surface area contributed by atoms with Crippen LogP contribution < -0.4 is 11.1 Å². The molecule has 5 nitrogen and oxygen atoms in total. The standard InChI is InChI=1S/C9H7N3O2S/c10-4-5-1-2-6(12-9(11)15)3-7(5)8(13)14/h1-3H,(H,13,14)(H3,11,12,15). The number of hydrogen-bond acceptors (Lipinski definition) is 3. The molecular weight excluding hydrogens is 214 g/mol. The number of nitrogens with zero attached hydrogens (tertiary/aromatic N) is 1. The van der Waals surface area contributed by atoms with Gasteiger partial charge in [-0.2, -0.15) is 5.26 Å². The number of thiocarbonyl (C=S) groups is 1. The summed E-state index contributed by atoms with van der Waals surface area (Å²) in [5.41, 5.74) is 5.68. The number of benzene rings is 1. The van der Waals surface area contributed by atoms with Gasteiger partial charge in [-0.05, 0) is 30.4 Å². The summed E-state index contributed by atoms with van der Waals surface area (Å²) in [5, 5.41) is 20.1. The molecule has 0 heterocycles. The van der Waals surface area contributed by atoms with Crippen molar-refractivity contribution < 1.29 is 9.90 Å². The number of carboxylic acid groups (broad SMARTS) is 1. The molecule has 0 saturated heterocycles. The fourth-order valence-electron chi connectivity index (χ4n) is 1.04. The van der Waals surface area contributed by atoms with Crippen LogP contribution in [-0.2, 0) is 0 Å². The molecule has 4 N–H and O–H groups in total. The molecule has 1 rings (SSSR count). The number of anilines is 1. The number of carboxylic acids is 1. The Balaban J connectivity index is 3.17. The van der Waals surface area contributed by atoms with E-state index in [9.17, 15) is 4.79 Å². The molecule has 0 spiro atoms. The Morgan fingerprint density at radius 1 is 1.60 bits per heavy atom. The Bertz CT molecular complexity index is 465. The van der Waals surface area contributed by atoms with Crippen LogP contribution in [0.4, 0.5) is 5.69 Å². The highest BCUT2D eigenvalue weighted by atomic mass is 32.1. The molecule has 0 aliphatic carbocycles. The van der Waals surface area contributed by atoms with Gasteiger partial charge in [0.15, 0.2) is 5.11 Å². The average Bonchev–Trinajstić information content (AvgIpc) is 2.16. The van der Waals surface area contributed by atoms with Crippen LogP contribution in [0.25, 0.3) is 0 Å². The lowest BCUT2D eigenvalue weighted by Crippen LogP contribution is -2.19. The molecule has 0 radical (unpaired) electrons. The highest BCUT2D eigenvalue weighted by Crippen LogP contribution is 2.15. The van der Waals surface area contributed by atoms with E-state index in [0.717, 1.165) is 0 Å². The number of nitriles is 1. The van der Waals surface area contributed by atoms with E-state index in [1.807, 2.05) is 0 Å². The second-order valence-corrected chi connectivity index (χ2v) is 3.11. The lowest BCUT2D eigenvalue weighted by Gasteiger charge is -2.05. The fraction of sp³-hybridized carbons (Fsp3) is 0. The van der Waals surface area contributed by atoms with Crippen molar-refractivity contribution in [3.05, 3.63) is 29.3 Å². The van der Waals surface area contributed by atoms with Crippen LogP contribution in [0.15, 0.2) is 18.2 Å². The van der Waals surface area contributed by atoms with Gasteiger partial charge in [-0.3, -0.25) is 0 Å². The Morgan fingerprint density at radius 3 is 2.73 bits per heavy atom. The smallest absolute Gasteiger partial charge is 0.337 e. The summed E-state index contributed by atoms with van der Waals surface area (Å²) in [7, 11) is 0. The fourth-order valence-corrected chi connectivity index (χ4v) is 1.16. The third-order valence-corrected chi connectivity index (χ3v) is 1.74. The van der Waals surface area contributed by atoms with Crippen LogP contribution in [-0.4, -0.2) is 16.2 Å². The van der Waals surface area contributed by atoms with E-state index in [4.69, 9.17) is 16.1 Å². The Morgan fingerprint density at radius 2 is 2.27 bits per heavy atom. The van der Waals surface area contributed by atoms with Crippen molar-refractivity contribution in [2.45, 2.75) is 0 Å². The zero-order valence-electron chi connectivity index (χ0n) is 7.52. The van der Waals surface area contributed by atoms with E-state index in [-0.39, 0.29) is 16.2 Å². The molecule has 0 aromatic heterocycles. The predicted molar refractivity (Wildman–Crippen MR) is 58.5 cm³/mol. The third-order valence-electron chi connectivity index (χ3n) is 1.64. The molecule has 0 amide bonds. The van der Waals surface area contributed by atoms with Crippen LogP contribution in [0.3, 0.4) is 0 Å². The highest BCUT2D eigenvalue weighted by Gasteiger charge is 2.10. The number of nitrogens with two attached hydrogens (primary N) is 1. The largest absolute Gasteiger partial charge is 0.478 e. The maximum atomic E-state index is 10.8. The molecule has 0 atom stereocenters. The minimum Gasteiger partial charge on any atom is -0.478 e. The minimum atomic E-state index is -1.17. The summed E-state index contributed by atoms with van der Waals surface area (Å²) in [4.78, 5) is 10.8. The molecule has 1 aromatic rings. The van der Waals surface area contributed by atoms with Gasteiger partial charge in [0.2, 0.25) is 0 Å². The van der Waals surface area contributed by atoms with Gasteiger partial charge >= 0.3 is 5.97 Å². The quantitative estimate of drug-likeness (QED) is 0.642. The molecular formula is C9H7N3O2S. The molecule has 15 heavy (non-hydrogen) atoms. The zero-order chi connectivity index (χ0) is 11.4. The molecule has 76 valence electrons. The number of nitrogens with one attached hydrogen (secondary N) is 1. The van der Waals surface area contributed by atoms with Crippen LogP contribution in [0.5, 0.6) is 0 Å². The maximum absolute atomic E-state index is 10.8. The second-order valence-electron chi connectivity index (χ2n) is 2.67. The van der Waals surface area contributed by atoms with Gasteiger partial charge in [0.05, 0.1) is 11.1 Å². The number of carbonyl (C=O) groups is 1. The minimum absolute atomic E-state index is 0.0380. The third kappa shape index (κ3) is 2.65. The van der Waals surface area contributed by atoms with Gasteiger partial charge in [0.1, 0.15) is 6.07 Å². The van der Waals surface area contributed by atoms with Crippen molar-refractivity contribution in [1.82, 2.24) is 0 Å².